The molecule has 0 saturated heterocycles. The summed E-state index contributed by atoms with van der Waals surface area (Å²) < 4.78 is 5.66. The van der Waals surface area contributed by atoms with Gasteiger partial charge in [-0.15, -0.1) is 0 Å². The van der Waals surface area contributed by atoms with Crippen molar-refractivity contribution in [2.75, 3.05) is 0 Å². The van der Waals surface area contributed by atoms with Gasteiger partial charge in [-0.05, 0) is 30.7 Å². The van der Waals surface area contributed by atoms with Gasteiger partial charge in [0.25, 0.3) is 5.69 Å². The van der Waals surface area contributed by atoms with Crippen LogP contribution in [0.15, 0.2) is 72.9 Å². The number of esters is 1. The van der Waals surface area contributed by atoms with Crippen molar-refractivity contribution in [1.29, 1.82) is 0 Å². The van der Waals surface area contributed by atoms with Crippen LogP contribution in [0.5, 0.6) is 0 Å². The van der Waals surface area contributed by atoms with Gasteiger partial charge in [-0.1, -0.05) is 42.5 Å². The molecule has 0 N–H and O–H groups in total. The number of nitrogens with zero attached hydrogens (tertiary/aromatic N) is 2. The molecule has 3 aromatic rings. The molecule has 1 unspecified atom stereocenters. The maximum absolute atomic E-state index is 12.6. The monoisotopic (exact) mass is 348 g/mol. The van der Waals surface area contributed by atoms with Crippen LogP contribution in [0.1, 0.15) is 33.3 Å². The Kier molecular flexibility index (Phi) is 5.03. The standard InChI is InChI=1S/C20H16N2O4/c1-14-10-11-16(13-18(14)22(24)25)20(23)26-19(15-7-3-2-4-8-15)17-9-5-6-12-21-17/h2-13,19H,1H3. The van der Waals surface area contributed by atoms with E-state index in [1.54, 1.807) is 25.3 Å². The highest BCUT2D eigenvalue weighted by molar-refractivity contribution is 5.90. The first-order chi connectivity index (χ1) is 12.6. The highest BCUT2D eigenvalue weighted by atomic mass is 16.6. The summed E-state index contributed by atoms with van der Waals surface area (Å²) in [5, 5.41) is 11.1. The van der Waals surface area contributed by atoms with E-state index >= 15 is 0 Å². The van der Waals surface area contributed by atoms with Gasteiger partial charge < -0.3 is 4.74 Å². The number of hydrogen-bond donors (Lipinski definition) is 0. The number of hydrogen-bond acceptors (Lipinski definition) is 5. The highest BCUT2D eigenvalue weighted by Crippen LogP contribution is 2.27. The summed E-state index contributed by atoms with van der Waals surface area (Å²) in [6.45, 7) is 1.62. The van der Waals surface area contributed by atoms with Crippen LogP contribution >= 0.6 is 0 Å². The molecule has 0 spiro atoms. The molecule has 0 bridgehead atoms. The molecule has 0 radical (unpaired) electrons. The summed E-state index contributed by atoms with van der Waals surface area (Å²) in [6.07, 6.45) is 0.917. The van der Waals surface area contributed by atoms with Crippen molar-refractivity contribution < 1.29 is 14.5 Å². The normalized spacial score (nSPS) is 11.6. The fourth-order valence-corrected chi connectivity index (χ4v) is 2.57. The van der Waals surface area contributed by atoms with Crippen molar-refractivity contribution >= 4 is 11.7 Å². The van der Waals surface area contributed by atoms with Crippen LogP contribution in [0, 0.1) is 17.0 Å². The lowest BCUT2D eigenvalue weighted by molar-refractivity contribution is -0.385. The van der Waals surface area contributed by atoms with Gasteiger partial charge in [-0.3, -0.25) is 15.1 Å². The molecule has 0 aliphatic rings. The van der Waals surface area contributed by atoms with E-state index in [4.69, 9.17) is 4.74 Å². The van der Waals surface area contributed by atoms with Gasteiger partial charge in [0.2, 0.25) is 0 Å². The average Bonchev–Trinajstić information content (AvgIpc) is 2.67. The van der Waals surface area contributed by atoms with Crippen LogP contribution < -0.4 is 0 Å². The van der Waals surface area contributed by atoms with Crippen molar-refractivity contribution in [2.45, 2.75) is 13.0 Å². The van der Waals surface area contributed by atoms with Crippen LogP contribution in [0.2, 0.25) is 0 Å². The number of benzene rings is 2. The first-order valence-electron chi connectivity index (χ1n) is 7.98. The Morgan fingerprint density at radius 2 is 1.81 bits per heavy atom. The highest BCUT2D eigenvalue weighted by Gasteiger charge is 2.23. The molecule has 26 heavy (non-hydrogen) atoms. The Hall–Kier alpha value is -3.54. The topological polar surface area (TPSA) is 82.3 Å². The zero-order valence-electron chi connectivity index (χ0n) is 14.0. The van der Waals surface area contributed by atoms with Crippen molar-refractivity contribution in [2.24, 2.45) is 0 Å². The summed E-state index contributed by atoms with van der Waals surface area (Å²) in [4.78, 5) is 27.5. The van der Waals surface area contributed by atoms with E-state index in [0.717, 1.165) is 5.56 Å². The molecule has 1 atom stereocenters. The fourth-order valence-electron chi connectivity index (χ4n) is 2.57. The molecule has 0 amide bonds. The van der Waals surface area contributed by atoms with Crippen molar-refractivity contribution in [3.8, 4) is 0 Å². The molecule has 6 heteroatoms. The molecule has 130 valence electrons. The molecular weight excluding hydrogens is 332 g/mol. The van der Waals surface area contributed by atoms with Gasteiger partial charge in [0.1, 0.15) is 0 Å². The lowest BCUT2D eigenvalue weighted by Gasteiger charge is -2.18. The van der Waals surface area contributed by atoms with Crippen LogP contribution in [0.4, 0.5) is 5.69 Å². The summed E-state index contributed by atoms with van der Waals surface area (Å²) in [6, 6.07) is 18.9. The van der Waals surface area contributed by atoms with Crippen LogP contribution in [-0.2, 0) is 4.74 Å². The second-order valence-electron chi connectivity index (χ2n) is 5.71. The number of carbonyl (C=O) groups is 1. The summed E-state index contributed by atoms with van der Waals surface area (Å²) in [5.74, 6) is -0.646. The van der Waals surface area contributed by atoms with Crippen LogP contribution in [-0.4, -0.2) is 15.9 Å². The zero-order chi connectivity index (χ0) is 18.5. The Bertz CT molecular complexity index is 888. The van der Waals surface area contributed by atoms with E-state index in [1.807, 2.05) is 36.4 Å². The van der Waals surface area contributed by atoms with E-state index in [9.17, 15) is 14.9 Å². The lowest BCUT2D eigenvalue weighted by Crippen LogP contribution is -2.14. The van der Waals surface area contributed by atoms with Gasteiger partial charge in [0.15, 0.2) is 6.10 Å². The minimum absolute atomic E-state index is 0.117. The van der Waals surface area contributed by atoms with Crippen molar-refractivity contribution in [1.82, 2.24) is 4.98 Å². The number of ether oxygens (including phenoxy) is 1. The number of nitro benzene ring substituents is 1. The number of nitro groups is 1. The van der Waals surface area contributed by atoms with Crippen LogP contribution in [0.3, 0.4) is 0 Å². The number of rotatable bonds is 5. The lowest BCUT2D eigenvalue weighted by atomic mass is 10.1. The second-order valence-corrected chi connectivity index (χ2v) is 5.71. The van der Waals surface area contributed by atoms with E-state index in [1.165, 1.54) is 18.2 Å². The van der Waals surface area contributed by atoms with E-state index < -0.39 is 17.0 Å². The molecule has 1 heterocycles. The summed E-state index contributed by atoms with van der Waals surface area (Å²) in [7, 11) is 0. The number of carbonyl (C=O) groups excluding carboxylic acids is 1. The fraction of sp³-hybridized carbons (Fsp3) is 0.100. The summed E-state index contributed by atoms with van der Waals surface area (Å²) in [5.41, 5.74) is 1.83. The quantitative estimate of drug-likeness (QED) is 0.391. The van der Waals surface area contributed by atoms with E-state index in [0.29, 0.717) is 11.3 Å². The third-order valence-electron chi connectivity index (χ3n) is 3.93. The SMILES string of the molecule is Cc1ccc(C(=O)OC(c2ccccc2)c2ccccn2)cc1[N+](=O)[O-]. The van der Waals surface area contributed by atoms with Crippen molar-refractivity contribution in [3.63, 3.8) is 0 Å². The Morgan fingerprint density at radius 1 is 1.08 bits per heavy atom. The Balaban J connectivity index is 1.94. The van der Waals surface area contributed by atoms with E-state index in [-0.39, 0.29) is 11.3 Å². The molecule has 0 fully saturated rings. The van der Waals surface area contributed by atoms with Gasteiger partial charge in [0, 0.05) is 17.8 Å². The largest absolute Gasteiger partial charge is 0.447 e. The molecule has 0 aliphatic heterocycles. The average molecular weight is 348 g/mol. The molecule has 3 rings (SSSR count). The molecule has 1 aromatic heterocycles. The number of aryl methyl sites for hydroxylation is 1. The molecule has 0 aliphatic carbocycles. The molecular formula is C20H16N2O4. The maximum Gasteiger partial charge on any atom is 0.339 e. The van der Waals surface area contributed by atoms with Crippen LogP contribution in [0.25, 0.3) is 0 Å². The first kappa shape index (κ1) is 17.3. The molecule has 0 saturated carbocycles. The molecule has 6 nitrogen and oxygen atoms in total. The predicted octanol–water partition coefficient (Wildman–Crippen LogP) is 4.24. The molecule has 2 aromatic carbocycles. The Morgan fingerprint density at radius 3 is 2.46 bits per heavy atom. The van der Waals surface area contributed by atoms with Gasteiger partial charge in [0.05, 0.1) is 16.2 Å². The van der Waals surface area contributed by atoms with Gasteiger partial charge in [-0.25, -0.2) is 4.79 Å². The third-order valence-corrected chi connectivity index (χ3v) is 3.93. The number of aromatic nitrogens is 1. The maximum atomic E-state index is 12.6. The van der Waals surface area contributed by atoms with E-state index in [2.05, 4.69) is 4.98 Å². The zero-order valence-corrected chi connectivity index (χ0v) is 14.0. The minimum atomic E-state index is -0.703. The summed E-state index contributed by atoms with van der Waals surface area (Å²) >= 11 is 0. The number of pyridine rings is 1. The minimum Gasteiger partial charge on any atom is -0.447 e. The first-order valence-corrected chi connectivity index (χ1v) is 7.98. The third kappa shape index (κ3) is 3.75. The van der Waals surface area contributed by atoms with Crippen molar-refractivity contribution in [3.05, 3.63) is 105 Å². The van der Waals surface area contributed by atoms with Gasteiger partial charge in [-0.2, -0.15) is 0 Å². The Labute approximate surface area is 150 Å². The second kappa shape index (κ2) is 7.57. The smallest absolute Gasteiger partial charge is 0.339 e. The predicted molar refractivity (Wildman–Crippen MR) is 95.8 cm³/mol. The van der Waals surface area contributed by atoms with Gasteiger partial charge >= 0.3 is 5.97 Å².